The molecular weight excluding hydrogens is 366 g/mol. The first-order valence-electron chi connectivity index (χ1n) is 7.83. The summed E-state index contributed by atoms with van der Waals surface area (Å²) in [6.45, 7) is 3.71. The fourth-order valence-electron chi connectivity index (χ4n) is 2.22. The van der Waals surface area contributed by atoms with E-state index in [2.05, 4.69) is 22.1 Å². The molecule has 132 valence electrons. The van der Waals surface area contributed by atoms with Crippen molar-refractivity contribution in [1.29, 1.82) is 0 Å². The molecule has 1 amide bonds. The van der Waals surface area contributed by atoms with Gasteiger partial charge in [-0.1, -0.05) is 29.5 Å². The molecule has 26 heavy (non-hydrogen) atoms. The van der Waals surface area contributed by atoms with Crippen LogP contribution >= 0.6 is 23.1 Å². The number of methoxy groups -OCH3 is 1. The number of rotatable bonds is 7. The van der Waals surface area contributed by atoms with Gasteiger partial charge in [-0.15, -0.1) is 28.5 Å². The van der Waals surface area contributed by atoms with E-state index in [9.17, 15) is 4.79 Å². The normalized spacial score (nSPS) is 10.3. The molecule has 3 rings (SSSR count). The molecule has 0 unspecified atom stereocenters. The second-order valence-corrected chi connectivity index (χ2v) is 7.23. The largest absolute Gasteiger partial charge is 0.497 e. The first-order valence-corrected chi connectivity index (χ1v) is 9.63. The molecule has 0 radical (unpaired) electrons. The highest BCUT2D eigenvalue weighted by atomic mass is 32.2. The number of benzene rings is 2. The van der Waals surface area contributed by atoms with Crippen LogP contribution in [0, 0.1) is 0 Å². The molecule has 5 nitrogen and oxygen atoms in total. The van der Waals surface area contributed by atoms with E-state index in [1.807, 2.05) is 48.5 Å². The molecule has 1 heterocycles. The highest BCUT2D eigenvalue weighted by Gasteiger charge is 2.14. The van der Waals surface area contributed by atoms with Crippen LogP contribution < -0.4 is 10.1 Å². The second-order valence-electron chi connectivity index (χ2n) is 5.19. The minimum atomic E-state index is -0.199. The van der Waals surface area contributed by atoms with Gasteiger partial charge in [-0.3, -0.25) is 10.1 Å². The van der Waals surface area contributed by atoms with E-state index in [0.29, 0.717) is 10.7 Å². The van der Waals surface area contributed by atoms with Crippen LogP contribution in [0.1, 0.15) is 10.4 Å². The Hall–Kier alpha value is -2.64. The summed E-state index contributed by atoms with van der Waals surface area (Å²) in [5.74, 6) is 1.32. The van der Waals surface area contributed by atoms with Gasteiger partial charge < -0.3 is 4.74 Å². The fourth-order valence-corrected chi connectivity index (χ4v) is 3.75. The van der Waals surface area contributed by atoms with Crippen LogP contribution in [-0.2, 0) is 0 Å². The Morgan fingerprint density at radius 1 is 1.23 bits per heavy atom. The molecule has 0 saturated heterocycles. The summed E-state index contributed by atoms with van der Waals surface area (Å²) in [6.07, 6.45) is 1.81. The maximum Gasteiger partial charge on any atom is 0.258 e. The minimum Gasteiger partial charge on any atom is -0.497 e. The molecule has 3 aromatic rings. The average molecular weight is 383 g/mol. The van der Waals surface area contributed by atoms with Crippen LogP contribution in [0.25, 0.3) is 10.6 Å². The van der Waals surface area contributed by atoms with Gasteiger partial charge in [0.2, 0.25) is 5.13 Å². The summed E-state index contributed by atoms with van der Waals surface area (Å²) >= 11 is 2.90. The van der Waals surface area contributed by atoms with Gasteiger partial charge in [-0.2, -0.15) is 0 Å². The van der Waals surface area contributed by atoms with Gasteiger partial charge in [-0.05, 0) is 36.4 Å². The molecule has 0 aliphatic carbocycles. The van der Waals surface area contributed by atoms with Crippen molar-refractivity contribution in [2.24, 2.45) is 0 Å². The third-order valence-corrected chi connectivity index (χ3v) is 5.43. The summed E-state index contributed by atoms with van der Waals surface area (Å²) in [5.41, 5.74) is 1.53. The zero-order chi connectivity index (χ0) is 18.4. The molecule has 0 fully saturated rings. The Morgan fingerprint density at radius 3 is 2.73 bits per heavy atom. The summed E-state index contributed by atoms with van der Waals surface area (Å²) in [7, 11) is 1.62. The number of ether oxygens (including phenoxy) is 1. The van der Waals surface area contributed by atoms with Crippen LogP contribution in [0.4, 0.5) is 5.13 Å². The molecule has 0 bridgehead atoms. The molecule has 1 aromatic heterocycles. The first kappa shape index (κ1) is 18.2. The fraction of sp³-hybridized carbons (Fsp3) is 0.105. The summed E-state index contributed by atoms with van der Waals surface area (Å²) in [4.78, 5) is 13.5. The van der Waals surface area contributed by atoms with Gasteiger partial charge in [0, 0.05) is 16.2 Å². The Bertz CT molecular complexity index is 907. The van der Waals surface area contributed by atoms with Gasteiger partial charge in [0.25, 0.3) is 5.91 Å². The zero-order valence-electron chi connectivity index (χ0n) is 14.1. The Labute approximate surface area is 160 Å². The van der Waals surface area contributed by atoms with Crippen LogP contribution in [0.15, 0.2) is 66.1 Å². The first-order chi connectivity index (χ1) is 12.7. The van der Waals surface area contributed by atoms with Crippen molar-refractivity contribution in [2.75, 3.05) is 18.2 Å². The lowest BCUT2D eigenvalue weighted by Crippen LogP contribution is -2.12. The van der Waals surface area contributed by atoms with Crippen LogP contribution in [0.5, 0.6) is 5.75 Å². The summed E-state index contributed by atoms with van der Waals surface area (Å²) in [6, 6.07) is 15.0. The van der Waals surface area contributed by atoms with Crippen LogP contribution in [0.2, 0.25) is 0 Å². The number of thioether (sulfide) groups is 1. The second kappa shape index (κ2) is 8.64. The predicted molar refractivity (Wildman–Crippen MR) is 107 cm³/mol. The Kier molecular flexibility index (Phi) is 6.04. The molecule has 0 aliphatic heterocycles. The van der Waals surface area contributed by atoms with E-state index in [1.165, 1.54) is 11.3 Å². The quantitative estimate of drug-likeness (QED) is 0.471. The highest BCUT2D eigenvalue weighted by Crippen LogP contribution is 2.29. The number of aromatic nitrogens is 2. The van der Waals surface area contributed by atoms with Crippen molar-refractivity contribution in [3.8, 4) is 16.3 Å². The smallest absolute Gasteiger partial charge is 0.258 e. The highest BCUT2D eigenvalue weighted by molar-refractivity contribution is 7.99. The monoisotopic (exact) mass is 383 g/mol. The van der Waals surface area contributed by atoms with E-state index in [-0.39, 0.29) is 5.91 Å². The topological polar surface area (TPSA) is 64.1 Å². The molecule has 0 spiro atoms. The number of nitrogens with one attached hydrogen (secondary N) is 1. The number of hydrogen-bond donors (Lipinski definition) is 1. The van der Waals surface area contributed by atoms with Crippen LogP contribution in [0.3, 0.4) is 0 Å². The SMILES string of the molecule is C=CCSc1ccccc1C(=O)Nc1nnc(-c2ccc(OC)cc2)s1. The Balaban J connectivity index is 1.74. The summed E-state index contributed by atoms with van der Waals surface area (Å²) < 4.78 is 5.15. The standard InChI is InChI=1S/C19H17N3O2S2/c1-3-12-25-16-7-5-4-6-15(16)17(23)20-19-22-21-18(26-19)13-8-10-14(24-2)11-9-13/h3-11H,1,12H2,2H3,(H,20,22,23). The molecule has 1 N–H and O–H groups in total. The van der Waals surface area contributed by atoms with E-state index in [4.69, 9.17) is 4.74 Å². The van der Waals surface area contributed by atoms with Gasteiger partial charge in [0.1, 0.15) is 10.8 Å². The molecule has 7 heteroatoms. The van der Waals surface area contributed by atoms with Crippen molar-refractivity contribution >= 4 is 34.1 Å². The van der Waals surface area contributed by atoms with Gasteiger partial charge in [-0.25, -0.2) is 0 Å². The number of carbonyl (C=O) groups excluding carboxylic acids is 1. The van der Waals surface area contributed by atoms with Crippen molar-refractivity contribution in [2.45, 2.75) is 4.90 Å². The van der Waals surface area contributed by atoms with Gasteiger partial charge >= 0.3 is 0 Å². The third-order valence-electron chi connectivity index (χ3n) is 3.47. The minimum absolute atomic E-state index is 0.199. The lowest BCUT2D eigenvalue weighted by Gasteiger charge is -2.07. The predicted octanol–water partition coefficient (Wildman–Crippen LogP) is 4.74. The third kappa shape index (κ3) is 4.30. The molecule has 2 aromatic carbocycles. The maximum atomic E-state index is 12.6. The lowest BCUT2D eigenvalue weighted by atomic mass is 10.2. The van der Waals surface area contributed by atoms with Crippen molar-refractivity contribution in [3.63, 3.8) is 0 Å². The van der Waals surface area contributed by atoms with E-state index in [0.717, 1.165) is 27.0 Å². The number of hydrogen-bond acceptors (Lipinski definition) is 6. The lowest BCUT2D eigenvalue weighted by molar-refractivity contribution is 0.102. The molecule has 0 atom stereocenters. The number of amides is 1. The Morgan fingerprint density at radius 2 is 2.00 bits per heavy atom. The van der Waals surface area contributed by atoms with Crippen molar-refractivity contribution in [3.05, 3.63) is 66.7 Å². The van der Waals surface area contributed by atoms with E-state index >= 15 is 0 Å². The maximum absolute atomic E-state index is 12.6. The van der Waals surface area contributed by atoms with Gasteiger partial charge in [0.15, 0.2) is 0 Å². The summed E-state index contributed by atoms with van der Waals surface area (Å²) in [5, 5.41) is 12.3. The van der Waals surface area contributed by atoms with Crippen LogP contribution in [-0.4, -0.2) is 29.0 Å². The molecule has 0 saturated carbocycles. The molecule has 0 aliphatic rings. The van der Waals surface area contributed by atoms with E-state index in [1.54, 1.807) is 24.9 Å². The van der Waals surface area contributed by atoms with Crippen molar-refractivity contribution < 1.29 is 9.53 Å². The number of carbonyl (C=O) groups is 1. The average Bonchev–Trinajstić information content (AvgIpc) is 3.15. The van der Waals surface area contributed by atoms with E-state index < -0.39 is 0 Å². The van der Waals surface area contributed by atoms with Crippen molar-refractivity contribution in [1.82, 2.24) is 10.2 Å². The number of nitrogens with zero attached hydrogens (tertiary/aromatic N) is 2. The number of anilines is 1. The zero-order valence-corrected chi connectivity index (χ0v) is 15.8. The molecular formula is C19H17N3O2S2. The van der Waals surface area contributed by atoms with Gasteiger partial charge in [0.05, 0.1) is 12.7 Å².